The summed E-state index contributed by atoms with van der Waals surface area (Å²) in [6.45, 7) is 2.16. The molecule has 2 heterocycles. The molecule has 182 valence electrons. The molecular formula is C25H21N5O5S. The quantitative estimate of drug-likeness (QED) is 0.232. The first kappa shape index (κ1) is 23.4. The number of morpholine rings is 1. The second kappa shape index (κ2) is 10.1. The fraction of sp³-hybridized carbons (Fsp3) is 0.160. The molecule has 2 N–H and O–H groups in total. The van der Waals surface area contributed by atoms with E-state index in [2.05, 4.69) is 15.6 Å². The lowest BCUT2D eigenvalue weighted by atomic mass is 10.1. The van der Waals surface area contributed by atoms with Crippen molar-refractivity contribution >= 4 is 51.4 Å². The Morgan fingerprint density at radius 3 is 2.58 bits per heavy atom. The number of fused-ring (bicyclic) bond motifs is 1. The minimum Gasteiger partial charge on any atom is -0.436 e. The summed E-state index contributed by atoms with van der Waals surface area (Å²) in [4.78, 5) is 30.4. The average molecular weight is 504 g/mol. The van der Waals surface area contributed by atoms with E-state index in [0.717, 1.165) is 5.56 Å². The molecule has 4 aromatic rings. The highest BCUT2D eigenvalue weighted by molar-refractivity contribution is 7.80. The van der Waals surface area contributed by atoms with Gasteiger partial charge in [-0.05, 0) is 48.6 Å². The number of carbonyl (C=O) groups excluding carboxylic acids is 1. The third-order valence-corrected chi connectivity index (χ3v) is 5.88. The molecule has 0 bridgehead atoms. The van der Waals surface area contributed by atoms with Crippen molar-refractivity contribution in [2.24, 2.45) is 0 Å². The molecule has 5 rings (SSSR count). The van der Waals surface area contributed by atoms with Crippen LogP contribution in [0.5, 0.6) is 0 Å². The largest absolute Gasteiger partial charge is 0.436 e. The van der Waals surface area contributed by atoms with E-state index < -0.39 is 10.8 Å². The van der Waals surface area contributed by atoms with Crippen LogP contribution in [0.1, 0.15) is 10.4 Å². The Kier molecular flexibility index (Phi) is 6.56. The fourth-order valence-electron chi connectivity index (χ4n) is 3.94. The fourth-order valence-corrected chi connectivity index (χ4v) is 4.15. The van der Waals surface area contributed by atoms with E-state index in [4.69, 9.17) is 21.4 Å². The van der Waals surface area contributed by atoms with E-state index >= 15 is 0 Å². The Morgan fingerprint density at radius 2 is 1.83 bits per heavy atom. The number of anilines is 2. The first-order valence-electron chi connectivity index (χ1n) is 11.2. The number of nitro benzene ring substituents is 1. The topological polar surface area (TPSA) is 123 Å². The number of nitrogens with zero attached hydrogens (tertiary/aromatic N) is 3. The lowest BCUT2D eigenvalue weighted by Gasteiger charge is -2.30. The smallest absolute Gasteiger partial charge is 0.270 e. The number of thiocarbonyl (C=S) groups is 1. The molecule has 0 aliphatic carbocycles. The number of carbonyl (C=O) groups is 1. The average Bonchev–Trinajstić information content (AvgIpc) is 3.33. The van der Waals surface area contributed by atoms with E-state index in [0.29, 0.717) is 54.7 Å². The minimum atomic E-state index is -0.549. The number of hydrogen-bond donors (Lipinski definition) is 2. The molecule has 11 heteroatoms. The van der Waals surface area contributed by atoms with Crippen molar-refractivity contribution < 1.29 is 18.9 Å². The van der Waals surface area contributed by atoms with Gasteiger partial charge in [-0.15, -0.1) is 0 Å². The number of nitro groups is 1. The van der Waals surface area contributed by atoms with E-state index in [9.17, 15) is 14.9 Å². The van der Waals surface area contributed by atoms with Crippen LogP contribution in [-0.4, -0.2) is 47.2 Å². The van der Waals surface area contributed by atoms with E-state index in [1.54, 1.807) is 24.3 Å². The van der Waals surface area contributed by atoms with Gasteiger partial charge in [0.1, 0.15) is 5.52 Å². The van der Waals surface area contributed by atoms with Crippen LogP contribution in [0.15, 0.2) is 71.1 Å². The van der Waals surface area contributed by atoms with Crippen LogP contribution in [0, 0.1) is 10.1 Å². The molecule has 0 radical (unpaired) electrons. The molecule has 36 heavy (non-hydrogen) atoms. The van der Waals surface area contributed by atoms with Crippen molar-refractivity contribution in [2.75, 3.05) is 36.5 Å². The normalized spacial score (nSPS) is 13.4. The van der Waals surface area contributed by atoms with E-state index in [1.165, 1.54) is 12.1 Å². The van der Waals surface area contributed by atoms with Crippen LogP contribution >= 0.6 is 12.2 Å². The molecule has 1 aromatic heterocycles. The summed E-state index contributed by atoms with van der Waals surface area (Å²) in [6.07, 6.45) is 0. The molecule has 1 aliphatic heterocycles. The van der Waals surface area contributed by atoms with Gasteiger partial charge in [0.25, 0.3) is 11.6 Å². The molecule has 3 aromatic carbocycles. The molecule has 1 fully saturated rings. The number of hydrogen-bond acceptors (Lipinski definition) is 8. The number of non-ortho nitro benzene ring substituents is 1. The van der Waals surface area contributed by atoms with Gasteiger partial charge in [-0.3, -0.25) is 20.2 Å². The molecule has 0 spiro atoms. The summed E-state index contributed by atoms with van der Waals surface area (Å²) in [5.41, 5.74) is 3.27. The SMILES string of the molecule is O=C(NC(=S)Nc1ccc2oc(-c3ccccc3)nc2c1)c1cc([N+](=O)[O-])ccc1N1CCOCC1. The van der Waals surface area contributed by atoms with Gasteiger partial charge in [-0.25, -0.2) is 4.98 Å². The van der Waals surface area contributed by atoms with Crippen molar-refractivity contribution in [3.8, 4) is 11.5 Å². The van der Waals surface area contributed by atoms with Gasteiger partial charge in [0.05, 0.1) is 29.4 Å². The third-order valence-electron chi connectivity index (χ3n) is 5.68. The van der Waals surface area contributed by atoms with Crippen molar-refractivity contribution in [1.82, 2.24) is 10.3 Å². The number of aromatic nitrogens is 1. The minimum absolute atomic E-state index is 0.0468. The van der Waals surface area contributed by atoms with Crippen molar-refractivity contribution in [3.63, 3.8) is 0 Å². The first-order valence-corrected chi connectivity index (χ1v) is 11.6. The second-order valence-electron chi connectivity index (χ2n) is 8.03. The van der Waals surface area contributed by atoms with Crippen molar-refractivity contribution in [3.05, 3.63) is 82.4 Å². The highest BCUT2D eigenvalue weighted by Crippen LogP contribution is 2.28. The number of oxazole rings is 1. The molecule has 10 nitrogen and oxygen atoms in total. The maximum absolute atomic E-state index is 13.1. The second-order valence-corrected chi connectivity index (χ2v) is 8.44. The highest BCUT2D eigenvalue weighted by atomic mass is 32.1. The van der Waals surface area contributed by atoms with Gasteiger partial charge < -0.3 is 19.4 Å². The summed E-state index contributed by atoms with van der Waals surface area (Å²) >= 11 is 5.35. The lowest BCUT2D eigenvalue weighted by molar-refractivity contribution is -0.384. The standard InChI is InChI=1S/C25H21N5O5S/c31-23(19-15-18(30(32)33)7-8-21(19)29-10-12-34-13-11-29)28-25(36)26-17-6-9-22-20(14-17)27-24(35-22)16-4-2-1-3-5-16/h1-9,14-15H,10-13H2,(H2,26,28,31,36). The molecule has 0 saturated carbocycles. The summed E-state index contributed by atoms with van der Waals surface area (Å²) in [5, 5.41) is 17.0. The third kappa shape index (κ3) is 5.02. The molecule has 0 unspecified atom stereocenters. The van der Waals surface area contributed by atoms with Crippen LogP contribution in [0.2, 0.25) is 0 Å². The number of benzene rings is 3. The number of ether oxygens (including phenoxy) is 1. The predicted octanol–water partition coefficient (Wildman–Crippen LogP) is 4.37. The maximum Gasteiger partial charge on any atom is 0.270 e. The zero-order chi connectivity index (χ0) is 25.1. The van der Waals surface area contributed by atoms with Crippen LogP contribution in [-0.2, 0) is 4.74 Å². The van der Waals surface area contributed by atoms with Gasteiger partial charge in [-0.2, -0.15) is 0 Å². The maximum atomic E-state index is 13.1. The Balaban J connectivity index is 1.33. The monoisotopic (exact) mass is 503 g/mol. The van der Waals surface area contributed by atoms with Gasteiger partial charge in [0, 0.05) is 36.5 Å². The lowest BCUT2D eigenvalue weighted by Crippen LogP contribution is -2.39. The van der Waals surface area contributed by atoms with Crippen LogP contribution < -0.4 is 15.5 Å². The van der Waals surface area contributed by atoms with E-state index in [-0.39, 0.29) is 16.4 Å². The Morgan fingerprint density at radius 1 is 1.06 bits per heavy atom. The summed E-state index contributed by atoms with van der Waals surface area (Å²) in [7, 11) is 0. The highest BCUT2D eigenvalue weighted by Gasteiger charge is 2.23. The zero-order valence-electron chi connectivity index (χ0n) is 19.0. The summed E-state index contributed by atoms with van der Waals surface area (Å²) in [5.74, 6) is -0.0495. The number of rotatable bonds is 5. The first-order chi connectivity index (χ1) is 17.5. The summed E-state index contributed by atoms with van der Waals surface area (Å²) in [6, 6.07) is 19.1. The van der Waals surface area contributed by atoms with E-state index in [1.807, 2.05) is 35.2 Å². The molecule has 0 atom stereocenters. The Bertz CT molecular complexity index is 1450. The molecular weight excluding hydrogens is 482 g/mol. The predicted molar refractivity (Wildman–Crippen MR) is 139 cm³/mol. The van der Waals surface area contributed by atoms with Gasteiger partial charge in [-0.1, -0.05) is 18.2 Å². The zero-order valence-corrected chi connectivity index (χ0v) is 19.8. The number of nitrogens with one attached hydrogen (secondary N) is 2. The van der Waals surface area contributed by atoms with Gasteiger partial charge in [0.15, 0.2) is 10.7 Å². The molecule has 1 aliphatic rings. The molecule has 1 amide bonds. The van der Waals surface area contributed by atoms with Crippen LogP contribution in [0.25, 0.3) is 22.6 Å². The van der Waals surface area contributed by atoms with Crippen molar-refractivity contribution in [1.29, 1.82) is 0 Å². The summed E-state index contributed by atoms with van der Waals surface area (Å²) < 4.78 is 11.2. The van der Waals surface area contributed by atoms with Crippen LogP contribution in [0.4, 0.5) is 17.1 Å². The van der Waals surface area contributed by atoms with Crippen molar-refractivity contribution in [2.45, 2.75) is 0 Å². The molecule has 1 saturated heterocycles. The van der Waals surface area contributed by atoms with Gasteiger partial charge >= 0.3 is 0 Å². The number of amides is 1. The van der Waals surface area contributed by atoms with Gasteiger partial charge in [0.2, 0.25) is 5.89 Å². The van der Waals surface area contributed by atoms with Crippen LogP contribution in [0.3, 0.4) is 0 Å². The Hall–Kier alpha value is -4.35. The Labute approximate surface area is 211 Å².